The van der Waals surface area contributed by atoms with Crippen molar-refractivity contribution in [3.05, 3.63) is 119 Å². The van der Waals surface area contributed by atoms with E-state index in [1.807, 2.05) is 84.9 Å². The van der Waals surface area contributed by atoms with Crippen LogP contribution in [-0.4, -0.2) is 15.9 Å². The molecule has 0 atom stereocenters. The van der Waals surface area contributed by atoms with Crippen molar-refractivity contribution in [2.75, 3.05) is 5.32 Å². The largest absolute Gasteiger partial charge is 0.457 e. The van der Waals surface area contributed by atoms with Crippen molar-refractivity contribution < 1.29 is 9.53 Å². The van der Waals surface area contributed by atoms with E-state index < -0.39 is 0 Å². The van der Waals surface area contributed by atoms with Crippen LogP contribution in [0, 0.1) is 11.3 Å². The third kappa shape index (κ3) is 5.34. The van der Waals surface area contributed by atoms with E-state index in [0.29, 0.717) is 35.7 Å². The first-order chi connectivity index (χ1) is 17.7. The number of ether oxygens (including phenoxy) is 1. The van der Waals surface area contributed by atoms with Gasteiger partial charge in [0.15, 0.2) is 0 Å². The summed E-state index contributed by atoms with van der Waals surface area (Å²) >= 11 is 0. The number of nitriles is 1. The maximum Gasteiger partial charge on any atom is 0.251 e. The molecular formula is C29H23N5O2. The van der Waals surface area contributed by atoms with E-state index in [1.54, 1.807) is 12.1 Å². The highest BCUT2D eigenvalue weighted by Crippen LogP contribution is 2.21. The summed E-state index contributed by atoms with van der Waals surface area (Å²) in [6.45, 7) is 0.888. The number of benzene rings is 4. The second-order valence-corrected chi connectivity index (χ2v) is 8.19. The molecule has 5 rings (SSSR count). The first-order valence-corrected chi connectivity index (χ1v) is 11.5. The Balaban J connectivity index is 1.17. The minimum Gasteiger partial charge on any atom is -0.457 e. The number of carbonyl (C=O) groups excluding carboxylic acids is 1. The molecule has 5 aromatic rings. The molecule has 7 nitrogen and oxygen atoms in total. The number of aromatic nitrogens is 2. The molecule has 0 bridgehead atoms. The van der Waals surface area contributed by atoms with Gasteiger partial charge >= 0.3 is 0 Å². The summed E-state index contributed by atoms with van der Waals surface area (Å²) < 4.78 is 5.81. The molecule has 0 fully saturated rings. The normalized spacial score (nSPS) is 10.5. The van der Waals surface area contributed by atoms with Crippen molar-refractivity contribution in [1.82, 2.24) is 15.3 Å². The summed E-state index contributed by atoms with van der Waals surface area (Å²) in [6, 6.07) is 32.3. The van der Waals surface area contributed by atoms with Gasteiger partial charge in [0.2, 0.25) is 5.95 Å². The van der Waals surface area contributed by atoms with Crippen LogP contribution >= 0.6 is 0 Å². The minimum absolute atomic E-state index is 0.149. The Bertz CT molecular complexity index is 1540. The number of aromatic amines is 1. The fourth-order valence-electron chi connectivity index (χ4n) is 3.80. The third-order valence-corrected chi connectivity index (χ3v) is 5.64. The molecule has 0 saturated carbocycles. The predicted octanol–water partition coefficient (Wildman–Crippen LogP) is 5.77. The van der Waals surface area contributed by atoms with E-state index >= 15 is 0 Å². The average molecular weight is 474 g/mol. The highest BCUT2D eigenvalue weighted by Gasteiger charge is 2.09. The number of rotatable bonds is 8. The number of fused-ring (bicyclic) bond motifs is 1. The standard InChI is InChI=1S/C29H23N5O2/c30-17-23-8-5-11-26-27(23)34-29(33-26)32-19-21-6-4-7-22(16-21)28(35)31-18-20-12-14-25(15-13-20)36-24-9-2-1-3-10-24/h1-16H,18-19H2,(H,31,35)(H2,32,33,34). The zero-order valence-corrected chi connectivity index (χ0v) is 19.4. The Morgan fingerprint density at radius 2 is 1.64 bits per heavy atom. The van der Waals surface area contributed by atoms with E-state index in [4.69, 9.17) is 4.74 Å². The van der Waals surface area contributed by atoms with Gasteiger partial charge in [-0.3, -0.25) is 4.79 Å². The smallest absolute Gasteiger partial charge is 0.251 e. The molecule has 0 spiro atoms. The number of amides is 1. The third-order valence-electron chi connectivity index (χ3n) is 5.64. The van der Waals surface area contributed by atoms with Crippen molar-refractivity contribution in [3.8, 4) is 17.6 Å². The topological polar surface area (TPSA) is 103 Å². The fraction of sp³-hybridized carbons (Fsp3) is 0.0690. The van der Waals surface area contributed by atoms with Crippen molar-refractivity contribution in [2.45, 2.75) is 13.1 Å². The molecule has 1 heterocycles. The monoisotopic (exact) mass is 473 g/mol. The maximum absolute atomic E-state index is 12.7. The Hall–Kier alpha value is -5.09. The number of hydrogen-bond acceptors (Lipinski definition) is 5. The summed E-state index contributed by atoms with van der Waals surface area (Å²) in [6.07, 6.45) is 0. The maximum atomic E-state index is 12.7. The van der Waals surface area contributed by atoms with E-state index in [-0.39, 0.29) is 5.91 Å². The lowest BCUT2D eigenvalue weighted by Gasteiger charge is -2.09. The van der Waals surface area contributed by atoms with Crippen LogP contribution in [0.3, 0.4) is 0 Å². The second kappa shape index (κ2) is 10.5. The first-order valence-electron chi connectivity index (χ1n) is 11.5. The number of para-hydroxylation sites is 2. The lowest BCUT2D eigenvalue weighted by Crippen LogP contribution is -2.22. The van der Waals surface area contributed by atoms with Crippen LogP contribution in [0.1, 0.15) is 27.0 Å². The predicted molar refractivity (Wildman–Crippen MR) is 139 cm³/mol. The van der Waals surface area contributed by atoms with Gasteiger partial charge in [0.05, 0.1) is 11.1 Å². The highest BCUT2D eigenvalue weighted by atomic mass is 16.5. The van der Waals surface area contributed by atoms with E-state index in [9.17, 15) is 10.1 Å². The Labute approximate surface area is 208 Å². The number of nitrogens with zero attached hydrogens (tertiary/aromatic N) is 2. The molecule has 3 N–H and O–H groups in total. The van der Waals surface area contributed by atoms with Crippen LogP contribution in [0.5, 0.6) is 11.5 Å². The van der Waals surface area contributed by atoms with Crippen LogP contribution in [0.2, 0.25) is 0 Å². The molecule has 0 saturated heterocycles. The van der Waals surface area contributed by atoms with E-state index in [1.165, 1.54) is 0 Å². The summed E-state index contributed by atoms with van der Waals surface area (Å²) in [5.41, 5.74) is 4.44. The van der Waals surface area contributed by atoms with Gasteiger partial charge in [-0.05, 0) is 59.7 Å². The van der Waals surface area contributed by atoms with Crippen LogP contribution in [-0.2, 0) is 13.1 Å². The van der Waals surface area contributed by atoms with Crippen LogP contribution in [0.25, 0.3) is 11.0 Å². The van der Waals surface area contributed by atoms with Gasteiger partial charge in [-0.25, -0.2) is 4.98 Å². The zero-order chi connectivity index (χ0) is 24.7. The number of H-pyrrole nitrogens is 1. The van der Waals surface area contributed by atoms with Crippen LogP contribution < -0.4 is 15.4 Å². The Morgan fingerprint density at radius 1 is 0.861 bits per heavy atom. The van der Waals surface area contributed by atoms with Gasteiger partial charge in [0, 0.05) is 18.7 Å². The number of carbonyl (C=O) groups is 1. The quantitative estimate of drug-likeness (QED) is 0.266. The van der Waals surface area contributed by atoms with Crippen LogP contribution in [0.4, 0.5) is 5.95 Å². The highest BCUT2D eigenvalue weighted by molar-refractivity contribution is 5.94. The SMILES string of the molecule is N#Cc1cccc2[nH]c(NCc3cccc(C(=O)NCc4ccc(Oc5ccccc5)cc4)c3)nc12. The molecule has 36 heavy (non-hydrogen) atoms. The average Bonchev–Trinajstić information content (AvgIpc) is 3.35. The fourth-order valence-corrected chi connectivity index (χ4v) is 3.80. The Kier molecular flexibility index (Phi) is 6.59. The van der Waals surface area contributed by atoms with E-state index in [0.717, 1.165) is 28.1 Å². The van der Waals surface area contributed by atoms with Crippen molar-refractivity contribution >= 4 is 22.9 Å². The van der Waals surface area contributed by atoms with Crippen molar-refractivity contribution in [2.24, 2.45) is 0 Å². The van der Waals surface area contributed by atoms with Gasteiger partial charge in [0.1, 0.15) is 23.1 Å². The second-order valence-electron chi connectivity index (χ2n) is 8.19. The molecule has 1 amide bonds. The number of anilines is 1. The lowest BCUT2D eigenvalue weighted by molar-refractivity contribution is 0.0951. The number of imidazole rings is 1. The summed E-state index contributed by atoms with van der Waals surface area (Å²) in [5, 5.41) is 15.4. The molecule has 1 aromatic heterocycles. The Morgan fingerprint density at radius 3 is 2.44 bits per heavy atom. The van der Waals surface area contributed by atoms with E-state index in [2.05, 4.69) is 26.7 Å². The summed E-state index contributed by atoms with van der Waals surface area (Å²) in [7, 11) is 0. The summed E-state index contributed by atoms with van der Waals surface area (Å²) in [5.74, 6) is 1.94. The van der Waals surface area contributed by atoms with Gasteiger partial charge in [-0.2, -0.15) is 5.26 Å². The first kappa shape index (κ1) is 22.7. The molecule has 0 aliphatic rings. The van der Waals surface area contributed by atoms with Crippen LogP contribution in [0.15, 0.2) is 97.1 Å². The molecular weight excluding hydrogens is 450 g/mol. The summed E-state index contributed by atoms with van der Waals surface area (Å²) in [4.78, 5) is 20.4. The minimum atomic E-state index is -0.149. The molecule has 7 heteroatoms. The molecule has 4 aromatic carbocycles. The molecule has 0 unspecified atom stereocenters. The molecule has 0 aliphatic heterocycles. The van der Waals surface area contributed by atoms with Crippen molar-refractivity contribution in [1.29, 1.82) is 5.26 Å². The molecule has 176 valence electrons. The van der Waals surface area contributed by atoms with Crippen molar-refractivity contribution in [3.63, 3.8) is 0 Å². The number of nitrogens with one attached hydrogen (secondary N) is 3. The zero-order valence-electron chi connectivity index (χ0n) is 19.4. The lowest BCUT2D eigenvalue weighted by atomic mass is 10.1. The van der Waals surface area contributed by atoms with Gasteiger partial charge < -0.3 is 20.4 Å². The van der Waals surface area contributed by atoms with Gasteiger partial charge in [-0.1, -0.05) is 48.5 Å². The molecule has 0 radical (unpaired) electrons. The molecule has 0 aliphatic carbocycles. The van der Waals surface area contributed by atoms with Gasteiger partial charge in [0.25, 0.3) is 5.91 Å². The van der Waals surface area contributed by atoms with Gasteiger partial charge in [-0.15, -0.1) is 0 Å². The number of hydrogen-bond donors (Lipinski definition) is 3.